The number of fused-ring (bicyclic) bond motifs is 4. The van der Waals surface area contributed by atoms with Crippen LogP contribution in [0.3, 0.4) is 0 Å². The molecule has 0 aliphatic heterocycles. The highest BCUT2D eigenvalue weighted by Crippen LogP contribution is 2.40. The monoisotopic (exact) mass is 702 g/mol. The first-order valence-corrected chi connectivity index (χ1v) is 18.2. The summed E-state index contributed by atoms with van der Waals surface area (Å²) < 4.78 is 6.56. The molecule has 0 radical (unpaired) electrons. The summed E-state index contributed by atoms with van der Waals surface area (Å²) in [5.74, 6) is 1.68. The molecule has 0 amide bonds. The zero-order valence-corrected chi connectivity index (χ0v) is 29.5. The van der Waals surface area contributed by atoms with Crippen LogP contribution in [-0.4, -0.2) is 15.0 Å². The van der Waals surface area contributed by atoms with Gasteiger partial charge in [0.05, 0.1) is 11.6 Å². The van der Waals surface area contributed by atoms with Crippen molar-refractivity contribution in [3.05, 3.63) is 188 Å². The van der Waals surface area contributed by atoms with Crippen LogP contribution in [0.4, 0.5) is 0 Å². The van der Waals surface area contributed by atoms with Crippen molar-refractivity contribution in [3.8, 4) is 73.6 Å². The van der Waals surface area contributed by atoms with Gasteiger partial charge in [-0.15, -0.1) is 0 Å². The molecule has 5 heteroatoms. The van der Waals surface area contributed by atoms with Crippen molar-refractivity contribution >= 4 is 32.7 Å². The van der Waals surface area contributed by atoms with Crippen molar-refractivity contribution in [1.82, 2.24) is 15.0 Å². The van der Waals surface area contributed by atoms with E-state index in [1.807, 2.05) is 84.9 Å². The van der Waals surface area contributed by atoms with Crippen LogP contribution in [0.1, 0.15) is 5.56 Å². The lowest BCUT2D eigenvalue weighted by molar-refractivity contribution is 0.669. The molecule has 0 saturated carbocycles. The second kappa shape index (κ2) is 13.4. The molecule has 0 N–H and O–H groups in total. The molecule has 0 unspecified atom stereocenters. The molecule has 55 heavy (non-hydrogen) atoms. The third-order valence-electron chi connectivity index (χ3n) is 10.2. The van der Waals surface area contributed by atoms with Crippen LogP contribution in [0.5, 0.6) is 0 Å². The predicted octanol–water partition coefficient (Wildman–Crippen LogP) is 12.8. The van der Waals surface area contributed by atoms with E-state index in [-0.39, 0.29) is 0 Å². The number of hydrogen-bond acceptors (Lipinski definition) is 5. The summed E-state index contributed by atoms with van der Waals surface area (Å²) in [4.78, 5) is 15.2. The zero-order valence-electron chi connectivity index (χ0n) is 29.5. The fourth-order valence-electron chi connectivity index (χ4n) is 7.59. The van der Waals surface area contributed by atoms with Gasteiger partial charge < -0.3 is 4.42 Å². The average Bonchev–Trinajstić information content (AvgIpc) is 3.65. The van der Waals surface area contributed by atoms with E-state index in [2.05, 4.69) is 103 Å². The van der Waals surface area contributed by atoms with Gasteiger partial charge in [-0.25, -0.2) is 15.0 Å². The molecule has 0 aliphatic carbocycles. The Morgan fingerprint density at radius 1 is 0.364 bits per heavy atom. The van der Waals surface area contributed by atoms with E-state index in [1.54, 1.807) is 0 Å². The Hall–Kier alpha value is -7.68. The molecule has 2 aromatic heterocycles. The highest BCUT2D eigenvalue weighted by atomic mass is 16.3. The van der Waals surface area contributed by atoms with E-state index in [1.165, 1.54) is 11.1 Å². The Balaban J connectivity index is 1.12. The van der Waals surface area contributed by atoms with Crippen molar-refractivity contribution < 1.29 is 4.42 Å². The minimum Gasteiger partial charge on any atom is -0.456 e. The summed E-state index contributed by atoms with van der Waals surface area (Å²) in [5.41, 5.74) is 11.3. The first kappa shape index (κ1) is 32.0. The molecule has 0 saturated heterocycles. The van der Waals surface area contributed by atoms with Gasteiger partial charge >= 0.3 is 0 Å². The fourth-order valence-corrected chi connectivity index (χ4v) is 7.59. The van der Waals surface area contributed by atoms with Gasteiger partial charge in [0.25, 0.3) is 0 Å². The number of benzene rings is 8. The van der Waals surface area contributed by atoms with Crippen LogP contribution < -0.4 is 0 Å². The molecule has 8 aromatic carbocycles. The Morgan fingerprint density at radius 3 is 1.76 bits per heavy atom. The molecule has 256 valence electrons. The van der Waals surface area contributed by atoms with Crippen molar-refractivity contribution in [2.24, 2.45) is 0 Å². The summed E-state index contributed by atoms with van der Waals surface area (Å²) >= 11 is 0. The number of aromatic nitrogens is 3. The normalized spacial score (nSPS) is 11.3. The summed E-state index contributed by atoms with van der Waals surface area (Å²) in [6.45, 7) is 0. The zero-order chi connectivity index (χ0) is 36.7. The van der Waals surface area contributed by atoms with Gasteiger partial charge in [-0.3, -0.25) is 0 Å². The molecule has 2 heterocycles. The molecule has 0 aliphatic rings. The first-order valence-electron chi connectivity index (χ1n) is 18.2. The van der Waals surface area contributed by atoms with Crippen LogP contribution in [0.15, 0.2) is 186 Å². The number of hydrogen-bond donors (Lipinski definition) is 0. The van der Waals surface area contributed by atoms with Gasteiger partial charge in [0.1, 0.15) is 11.2 Å². The van der Waals surface area contributed by atoms with Crippen LogP contribution in [-0.2, 0) is 0 Å². The molecule has 10 rings (SSSR count). The van der Waals surface area contributed by atoms with E-state index in [4.69, 9.17) is 19.4 Å². The quantitative estimate of drug-likeness (QED) is 0.172. The predicted molar refractivity (Wildman–Crippen MR) is 222 cm³/mol. The SMILES string of the molecule is N#Cc1ccccc1-c1ccc(-c2nc(-c3ccccc3)nc(-c3ccc4c(c3)oc3cccc(-c5cccc(-c6ccccc6)c5)c34)n2)c2ccccc12. The van der Waals surface area contributed by atoms with E-state index < -0.39 is 0 Å². The lowest BCUT2D eigenvalue weighted by atomic mass is 9.92. The maximum atomic E-state index is 9.90. The van der Waals surface area contributed by atoms with Crippen LogP contribution in [0.25, 0.3) is 100 Å². The Morgan fingerprint density at radius 2 is 0.964 bits per heavy atom. The minimum atomic E-state index is 0.546. The van der Waals surface area contributed by atoms with Crippen molar-refractivity contribution in [2.45, 2.75) is 0 Å². The average molecular weight is 703 g/mol. The molecule has 0 spiro atoms. The second-order valence-corrected chi connectivity index (χ2v) is 13.5. The van der Waals surface area contributed by atoms with Gasteiger partial charge in [0, 0.05) is 33.0 Å². The first-order chi connectivity index (χ1) is 27.2. The molecular formula is C50H30N4O. The molecule has 0 atom stereocenters. The third kappa shape index (κ3) is 5.70. The van der Waals surface area contributed by atoms with Gasteiger partial charge in [0.2, 0.25) is 0 Å². The number of rotatable bonds is 6. The highest BCUT2D eigenvalue weighted by molar-refractivity contribution is 6.13. The summed E-state index contributed by atoms with van der Waals surface area (Å²) in [7, 11) is 0. The van der Waals surface area contributed by atoms with Gasteiger partial charge in [-0.2, -0.15) is 5.26 Å². The van der Waals surface area contributed by atoms with Crippen molar-refractivity contribution in [2.75, 3.05) is 0 Å². The topological polar surface area (TPSA) is 75.6 Å². The van der Waals surface area contributed by atoms with Crippen LogP contribution in [0, 0.1) is 11.3 Å². The highest BCUT2D eigenvalue weighted by Gasteiger charge is 2.19. The molecular weight excluding hydrogens is 673 g/mol. The van der Waals surface area contributed by atoms with E-state index in [0.29, 0.717) is 23.0 Å². The minimum absolute atomic E-state index is 0.546. The smallest absolute Gasteiger partial charge is 0.164 e. The molecule has 0 bridgehead atoms. The van der Waals surface area contributed by atoms with Gasteiger partial charge in [-0.05, 0) is 75.0 Å². The lowest BCUT2D eigenvalue weighted by Crippen LogP contribution is -2.01. The molecule has 5 nitrogen and oxygen atoms in total. The van der Waals surface area contributed by atoms with E-state index in [0.717, 1.165) is 71.7 Å². The number of furan rings is 1. The van der Waals surface area contributed by atoms with Crippen LogP contribution >= 0.6 is 0 Å². The van der Waals surface area contributed by atoms with Crippen LogP contribution in [0.2, 0.25) is 0 Å². The van der Waals surface area contributed by atoms with Gasteiger partial charge in [-0.1, -0.05) is 146 Å². The maximum absolute atomic E-state index is 9.90. The molecule has 0 fully saturated rings. The number of nitrogens with zero attached hydrogens (tertiary/aromatic N) is 4. The second-order valence-electron chi connectivity index (χ2n) is 13.5. The maximum Gasteiger partial charge on any atom is 0.164 e. The largest absolute Gasteiger partial charge is 0.456 e. The van der Waals surface area contributed by atoms with E-state index in [9.17, 15) is 5.26 Å². The lowest BCUT2D eigenvalue weighted by Gasteiger charge is -2.13. The summed E-state index contributed by atoms with van der Waals surface area (Å²) in [6, 6.07) is 63.9. The Kier molecular flexibility index (Phi) is 7.79. The summed E-state index contributed by atoms with van der Waals surface area (Å²) in [5, 5.41) is 14.0. The standard InChI is InChI=1S/C50H30N4O/c51-31-37-17-7-8-20-38(37)42-27-28-43(41-22-10-9-21-40(41)42)50-53-48(33-15-5-2-6-16-33)52-49(54-50)36-25-26-44-46(30-36)55-45-24-12-23-39(47(44)45)35-19-11-18-34(29-35)32-13-3-1-4-14-32/h1-30H. The van der Waals surface area contributed by atoms with E-state index >= 15 is 0 Å². The fraction of sp³-hybridized carbons (Fsp3) is 0. The third-order valence-corrected chi connectivity index (χ3v) is 10.2. The summed E-state index contributed by atoms with van der Waals surface area (Å²) in [6.07, 6.45) is 0. The Labute approximate surface area is 317 Å². The number of nitriles is 1. The van der Waals surface area contributed by atoms with Crippen molar-refractivity contribution in [1.29, 1.82) is 5.26 Å². The molecule has 10 aromatic rings. The van der Waals surface area contributed by atoms with Gasteiger partial charge in [0.15, 0.2) is 17.5 Å². The van der Waals surface area contributed by atoms with Crippen molar-refractivity contribution in [3.63, 3.8) is 0 Å². The Bertz CT molecular complexity index is 3110.